The average molecular weight is 446 g/mol. The Labute approximate surface area is 183 Å². The zero-order chi connectivity index (χ0) is 23.4. The van der Waals surface area contributed by atoms with Crippen molar-refractivity contribution in [3.8, 4) is 5.75 Å². The molecule has 0 amide bonds. The number of halogens is 3. The summed E-state index contributed by atoms with van der Waals surface area (Å²) in [6, 6.07) is 3.26. The van der Waals surface area contributed by atoms with Crippen molar-refractivity contribution in [3.63, 3.8) is 0 Å². The number of pyridine rings is 1. The molecule has 32 heavy (non-hydrogen) atoms. The molecule has 1 N–H and O–H groups in total. The van der Waals surface area contributed by atoms with Crippen molar-refractivity contribution >= 4 is 16.7 Å². The van der Waals surface area contributed by atoms with Gasteiger partial charge >= 0.3 is 0 Å². The summed E-state index contributed by atoms with van der Waals surface area (Å²) < 4.78 is 49.5. The van der Waals surface area contributed by atoms with Crippen molar-refractivity contribution in [1.82, 2.24) is 14.5 Å². The number of aromatic nitrogens is 3. The van der Waals surface area contributed by atoms with E-state index in [-0.39, 0.29) is 22.4 Å². The lowest BCUT2D eigenvalue weighted by Crippen LogP contribution is -2.29. The molecule has 0 bridgehead atoms. The summed E-state index contributed by atoms with van der Waals surface area (Å²) in [5, 5.41) is 3.66. The van der Waals surface area contributed by atoms with Crippen molar-refractivity contribution in [2.45, 2.75) is 58.0 Å². The van der Waals surface area contributed by atoms with E-state index in [9.17, 15) is 18.0 Å². The van der Waals surface area contributed by atoms with Gasteiger partial charge in [0.1, 0.15) is 23.0 Å². The predicted octanol–water partition coefficient (Wildman–Crippen LogP) is 5.04. The monoisotopic (exact) mass is 446 g/mol. The number of methoxy groups -OCH3 is 1. The summed E-state index contributed by atoms with van der Waals surface area (Å²) in [6.45, 7) is 5.98. The number of benzene rings is 1. The van der Waals surface area contributed by atoms with E-state index in [4.69, 9.17) is 4.74 Å². The minimum Gasteiger partial charge on any atom is -0.490 e. The first-order valence-corrected chi connectivity index (χ1v) is 10.4. The fourth-order valence-electron chi connectivity index (χ4n) is 3.90. The van der Waals surface area contributed by atoms with Crippen LogP contribution in [-0.2, 0) is 11.5 Å². The zero-order valence-electron chi connectivity index (χ0n) is 18.6. The fraction of sp³-hybridized carbons (Fsp3) is 0.435. The van der Waals surface area contributed by atoms with Crippen molar-refractivity contribution in [2.75, 3.05) is 12.4 Å². The van der Waals surface area contributed by atoms with E-state index in [1.54, 1.807) is 24.6 Å². The number of hydrogen-bond acceptors (Lipinski definition) is 5. The maximum Gasteiger partial charge on any atom is 0.295 e. The second-order valence-corrected chi connectivity index (χ2v) is 8.68. The summed E-state index contributed by atoms with van der Waals surface area (Å²) in [5.41, 5.74) is -0.817. The van der Waals surface area contributed by atoms with E-state index in [0.29, 0.717) is 29.5 Å². The van der Waals surface area contributed by atoms with Gasteiger partial charge in [-0.05, 0) is 33.6 Å². The van der Waals surface area contributed by atoms with Crippen LogP contribution in [0.1, 0.15) is 56.6 Å². The number of hydrogen-bond donors (Lipinski definition) is 1. The molecule has 1 saturated carbocycles. The fourth-order valence-corrected chi connectivity index (χ4v) is 3.90. The second kappa shape index (κ2) is 7.50. The Morgan fingerprint density at radius 1 is 1.28 bits per heavy atom. The van der Waals surface area contributed by atoms with Gasteiger partial charge in [-0.2, -0.15) is 0 Å². The predicted molar refractivity (Wildman–Crippen MR) is 116 cm³/mol. The molecule has 1 aliphatic carbocycles. The van der Waals surface area contributed by atoms with Crippen LogP contribution in [0.5, 0.6) is 5.75 Å². The Hall–Kier alpha value is -3.10. The summed E-state index contributed by atoms with van der Waals surface area (Å²) >= 11 is 0. The molecule has 1 aliphatic rings. The number of ether oxygens (including phenoxy) is 1. The van der Waals surface area contributed by atoms with Crippen molar-refractivity contribution < 1.29 is 17.9 Å². The normalized spacial score (nSPS) is 16.1. The summed E-state index contributed by atoms with van der Waals surface area (Å²) in [5.74, 6) is -3.41. The topological polar surface area (TPSA) is 69.0 Å². The van der Waals surface area contributed by atoms with E-state index >= 15 is 0 Å². The van der Waals surface area contributed by atoms with Gasteiger partial charge in [0.25, 0.3) is 11.5 Å². The molecule has 9 heteroatoms. The number of alkyl halides is 2. The minimum atomic E-state index is -3.30. The van der Waals surface area contributed by atoms with Crippen molar-refractivity contribution in [2.24, 2.45) is 0 Å². The molecular formula is C23H25F3N4O2. The first-order valence-electron chi connectivity index (χ1n) is 10.4. The lowest BCUT2D eigenvalue weighted by molar-refractivity contribution is 0.0136. The molecule has 0 aliphatic heterocycles. The molecule has 0 radical (unpaired) electrons. The molecule has 2 aromatic heterocycles. The van der Waals surface area contributed by atoms with Gasteiger partial charge in [-0.1, -0.05) is 18.2 Å². The van der Waals surface area contributed by atoms with Gasteiger partial charge in [-0.3, -0.25) is 4.79 Å². The van der Waals surface area contributed by atoms with E-state index < -0.39 is 23.3 Å². The molecule has 1 fully saturated rings. The quantitative estimate of drug-likeness (QED) is 0.575. The van der Waals surface area contributed by atoms with E-state index in [1.165, 1.54) is 19.2 Å². The Kier molecular flexibility index (Phi) is 5.18. The Morgan fingerprint density at radius 3 is 2.56 bits per heavy atom. The highest BCUT2D eigenvalue weighted by molar-refractivity contribution is 5.92. The minimum absolute atomic E-state index is 0.0860. The number of nitrogens with one attached hydrogen (secondary N) is 1. The van der Waals surface area contributed by atoms with Crippen LogP contribution < -0.4 is 15.6 Å². The number of fused-ring (bicyclic) bond motifs is 1. The second-order valence-electron chi connectivity index (χ2n) is 8.68. The van der Waals surface area contributed by atoms with E-state index in [2.05, 4.69) is 15.3 Å². The molecule has 1 atom stereocenters. The van der Waals surface area contributed by atoms with Crippen LogP contribution in [0.2, 0.25) is 0 Å². The molecule has 0 spiro atoms. The molecule has 4 rings (SSSR count). The zero-order valence-corrected chi connectivity index (χ0v) is 18.6. The standard InChI is InChI=1S/C23H25F3N4O2/c1-12(14-7-6-8-16(17(14)24)23(4,25)26)27-20-15-11-30(22(3)9-10-22)21(31)19(32-5)18(15)28-13(2)29-20/h6-8,11-12H,9-10H2,1-5H3,(H,27,28,29)/t12-/m1/s1. The van der Waals surface area contributed by atoms with E-state index in [0.717, 1.165) is 18.9 Å². The highest BCUT2D eigenvalue weighted by Crippen LogP contribution is 2.43. The Bertz CT molecular complexity index is 1260. The maximum atomic E-state index is 14.9. The largest absolute Gasteiger partial charge is 0.490 e. The smallest absolute Gasteiger partial charge is 0.295 e. The Balaban J connectivity index is 1.84. The summed E-state index contributed by atoms with van der Waals surface area (Å²) in [7, 11) is 1.41. The van der Waals surface area contributed by atoms with Crippen molar-refractivity contribution in [1.29, 1.82) is 0 Å². The molecule has 2 heterocycles. The van der Waals surface area contributed by atoms with Gasteiger partial charge in [0.2, 0.25) is 5.75 Å². The third kappa shape index (κ3) is 3.69. The van der Waals surface area contributed by atoms with E-state index in [1.807, 2.05) is 6.92 Å². The average Bonchev–Trinajstić information content (AvgIpc) is 3.45. The highest BCUT2D eigenvalue weighted by atomic mass is 19.3. The van der Waals surface area contributed by atoms with Gasteiger partial charge in [0.15, 0.2) is 0 Å². The van der Waals surface area contributed by atoms with Gasteiger partial charge in [-0.25, -0.2) is 23.1 Å². The molecule has 6 nitrogen and oxygen atoms in total. The molecule has 3 aromatic rings. The highest BCUT2D eigenvalue weighted by Gasteiger charge is 2.41. The van der Waals surface area contributed by atoms with Crippen LogP contribution in [0, 0.1) is 12.7 Å². The van der Waals surface area contributed by atoms with Gasteiger partial charge in [-0.15, -0.1) is 0 Å². The summed E-state index contributed by atoms with van der Waals surface area (Å²) in [4.78, 5) is 21.8. The molecule has 170 valence electrons. The van der Waals surface area contributed by atoms with Crippen LogP contribution in [0.25, 0.3) is 10.9 Å². The first kappa shape index (κ1) is 22.1. The lowest BCUT2D eigenvalue weighted by Gasteiger charge is -2.21. The summed E-state index contributed by atoms with van der Waals surface area (Å²) in [6.07, 6.45) is 3.40. The third-order valence-corrected chi connectivity index (χ3v) is 6.02. The van der Waals surface area contributed by atoms with Gasteiger partial charge in [0.05, 0.1) is 24.1 Å². The van der Waals surface area contributed by atoms with Crippen LogP contribution >= 0.6 is 0 Å². The molecule has 0 saturated heterocycles. The third-order valence-electron chi connectivity index (χ3n) is 6.02. The van der Waals surface area contributed by atoms with Crippen LogP contribution in [-0.4, -0.2) is 21.6 Å². The van der Waals surface area contributed by atoms with Gasteiger partial charge in [0, 0.05) is 24.2 Å². The number of nitrogens with zero attached hydrogens (tertiary/aromatic N) is 3. The molecule has 1 aromatic carbocycles. The maximum absolute atomic E-state index is 14.9. The number of aryl methyl sites for hydroxylation is 1. The van der Waals surface area contributed by atoms with Crippen LogP contribution in [0.4, 0.5) is 19.0 Å². The van der Waals surface area contributed by atoms with Crippen LogP contribution in [0.15, 0.2) is 29.2 Å². The number of rotatable bonds is 6. The molecule has 0 unspecified atom stereocenters. The van der Waals surface area contributed by atoms with Crippen molar-refractivity contribution in [3.05, 3.63) is 57.5 Å². The molecular weight excluding hydrogens is 421 g/mol. The van der Waals surface area contributed by atoms with Gasteiger partial charge < -0.3 is 14.6 Å². The number of anilines is 1. The van der Waals surface area contributed by atoms with Crippen LogP contribution in [0.3, 0.4) is 0 Å². The first-order chi connectivity index (χ1) is 15.0. The Morgan fingerprint density at radius 2 is 1.97 bits per heavy atom. The SMILES string of the molecule is COc1c(=O)n(C2(C)CC2)cc2c(N[C@H](C)c3cccc(C(C)(F)F)c3F)nc(C)nc12. The lowest BCUT2D eigenvalue weighted by atomic mass is 10.0.